The zero-order valence-corrected chi connectivity index (χ0v) is 8.84. The maximum absolute atomic E-state index is 12.4. The smallest absolute Gasteiger partial charge is 0.207 e. The molecule has 0 aromatic carbocycles. The molecule has 0 heterocycles. The molecule has 0 radical (unpaired) electrons. The number of alkyl halides is 7. The van der Waals surface area contributed by atoms with Gasteiger partial charge in [-0.1, -0.05) is 0 Å². The van der Waals surface area contributed by atoms with Gasteiger partial charge in [0, 0.05) is 12.8 Å². The summed E-state index contributed by atoms with van der Waals surface area (Å²) in [6.07, 6.45) is -8.36. The summed E-state index contributed by atoms with van der Waals surface area (Å²) >= 11 is 0. The first-order chi connectivity index (χ1) is 6.81. The third kappa shape index (κ3) is 7.76. The summed E-state index contributed by atoms with van der Waals surface area (Å²) in [5, 5.41) is 0. The van der Waals surface area contributed by atoms with E-state index in [2.05, 4.69) is 0 Å². The predicted octanol–water partition coefficient (Wildman–Crippen LogP) is 4.65. The molecule has 1 unspecified atom stereocenters. The van der Waals surface area contributed by atoms with Crippen LogP contribution in [-0.4, -0.2) is 18.0 Å². The number of hydrogen-bond donors (Lipinski definition) is 0. The lowest BCUT2D eigenvalue weighted by atomic mass is 9.94. The molecule has 0 aliphatic heterocycles. The third-order valence-electron chi connectivity index (χ3n) is 2.00. The van der Waals surface area contributed by atoms with E-state index in [0.29, 0.717) is 13.8 Å². The highest BCUT2D eigenvalue weighted by Crippen LogP contribution is 2.39. The molecule has 16 heavy (non-hydrogen) atoms. The first kappa shape index (κ1) is 15.5. The Morgan fingerprint density at radius 2 is 1.25 bits per heavy atom. The van der Waals surface area contributed by atoms with Gasteiger partial charge in [-0.2, -0.15) is 13.2 Å². The second-order valence-electron chi connectivity index (χ2n) is 4.12. The molecule has 98 valence electrons. The van der Waals surface area contributed by atoms with E-state index in [0.717, 1.165) is 0 Å². The molecule has 0 bridgehead atoms. The molecule has 0 spiro atoms. The average molecular weight is 254 g/mol. The minimum atomic E-state index is -4.87. The second kappa shape index (κ2) is 4.79. The first-order valence-corrected chi connectivity index (χ1v) is 4.64. The van der Waals surface area contributed by atoms with Gasteiger partial charge in [-0.05, 0) is 20.3 Å². The van der Waals surface area contributed by atoms with Crippen molar-refractivity contribution in [2.75, 3.05) is 0 Å². The minimum absolute atomic E-state index is 0.343. The van der Waals surface area contributed by atoms with E-state index < -0.39 is 43.2 Å². The molecule has 0 amide bonds. The van der Waals surface area contributed by atoms with Gasteiger partial charge in [-0.3, -0.25) is 0 Å². The molecule has 0 nitrogen and oxygen atoms in total. The normalized spacial score (nSPS) is 16.3. The third-order valence-corrected chi connectivity index (χ3v) is 2.00. The molecule has 0 rings (SSSR count). The summed E-state index contributed by atoms with van der Waals surface area (Å²) in [7, 11) is 0. The van der Waals surface area contributed by atoms with Crippen molar-refractivity contribution < 1.29 is 30.7 Å². The van der Waals surface area contributed by atoms with E-state index in [1.807, 2.05) is 0 Å². The summed E-state index contributed by atoms with van der Waals surface area (Å²) in [5.41, 5.74) is 0. The molecule has 7 heteroatoms. The lowest BCUT2D eigenvalue weighted by Gasteiger charge is -2.24. The van der Waals surface area contributed by atoms with Crippen LogP contribution in [0.5, 0.6) is 0 Å². The standard InChI is InChI=1S/C9H13F7/c1-7(10,11)4-3-6(9(14,15)16)5-8(2,12)13/h6H,3-5H2,1-2H3. The Kier molecular flexibility index (Phi) is 4.64. The summed E-state index contributed by atoms with van der Waals surface area (Å²) in [6, 6.07) is 0. The van der Waals surface area contributed by atoms with Crippen LogP contribution in [0.25, 0.3) is 0 Å². The van der Waals surface area contributed by atoms with Crippen LogP contribution in [0.15, 0.2) is 0 Å². The van der Waals surface area contributed by atoms with Gasteiger partial charge >= 0.3 is 6.18 Å². The summed E-state index contributed by atoms with van der Waals surface area (Å²) in [6.45, 7) is 0.806. The predicted molar refractivity (Wildman–Crippen MR) is 44.6 cm³/mol. The molecular formula is C9H13F7. The lowest BCUT2D eigenvalue weighted by Crippen LogP contribution is -2.30. The zero-order valence-electron chi connectivity index (χ0n) is 8.84. The van der Waals surface area contributed by atoms with Crippen molar-refractivity contribution in [2.24, 2.45) is 5.92 Å². The van der Waals surface area contributed by atoms with Crippen molar-refractivity contribution in [3.05, 3.63) is 0 Å². The lowest BCUT2D eigenvalue weighted by molar-refractivity contribution is -0.197. The van der Waals surface area contributed by atoms with Crippen LogP contribution >= 0.6 is 0 Å². The first-order valence-electron chi connectivity index (χ1n) is 4.64. The van der Waals surface area contributed by atoms with E-state index in [1.165, 1.54) is 0 Å². The van der Waals surface area contributed by atoms with Crippen LogP contribution in [0, 0.1) is 5.92 Å². The van der Waals surface area contributed by atoms with Crippen LogP contribution in [0.4, 0.5) is 30.7 Å². The van der Waals surface area contributed by atoms with Gasteiger partial charge in [0.2, 0.25) is 11.8 Å². The highest BCUT2D eigenvalue weighted by atomic mass is 19.4. The van der Waals surface area contributed by atoms with Crippen molar-refractivity contribution in [3.63, 3.8) is 0 Å². The van der Waals surface area contributed by atoms with Crippen molar-refractivity contribution >= 4 is 0 Å². The van der Waals surface area contributed by atoms with Gasteiger partial charge < -0.3 is 0 Å². The molecular weight excluding hydrogens is 241 g/mol. The summed E-state index contributed by atoms with van der Waals surface area (Å²) in [4.78, 5) is 0. The van der Waals surface area contributed by atoms with E-state index in [9.17, 15) is 30.7 Å². The van der Waals surface area contributed by atoms with Gasteiger partial charge in [-0.15, -0.1) is 0 Å². The average Bonchev–Trinajstić information content (AvgIpc) is 1.91. The van der Waals surface area contributed by atoms with Crippen molar-refractivity contribution in [1.82, 2.24) is 0 Å². The quantitative estimate of drug-likeness (QED) is 0.626. The molecule has 0 aliphatic carbocycles. The summed E-state index contributed by atoms with van der Waals surface area (Å²) < 4.78 is 86.3. The maximum atomic E-state index is 12.4. The fourth-order valence-electron chi connectivity index (χ4n) is 1.24. The van der Waals surface area contributed by atoms with Crippen LogP contribution in [0.3, 0.4) is 0 Å². The number of hydrogen-bond acceptors (Lipinski definition) is 0. The highest BCUT2D eigenvalue weighted by molar-refractivity contribution is 4.76. The maximum Gasteiger partial charge on any atom is 0.392 e. The van der Waals surface area contributed by atoms with E-state index in [1.54, 1.807) is 0 Å². The van der Waals surface area contributed by atoms with Crippen LogP contribution < -0.4 is 0 Å². The molecule has 0 aliphatic rings. The molecule has 0 N–H and O–H groups in total. The molecule has 1 atom stereocenters. The molecule has 0 saturated heterocycles. The Bertz CT molecular complexity index is 207. The second-order valence-corrected chi connectivity index (χ2v) is 4.12. The van der Waals surface area contributed by atoms with Crippen molar-refractivity contribution in [2.45, 2.75) is 51.1 Å². The van der Waals surface area contributed by atoms with Gasteiger partial charge in [0.05, 0.1) is 5.92 Å². The van der Waals surface area contributed by atoms with E-state index in [4.69, 9.17) is 0 Å². The van der Waals surface area contributed by atoms with Gasteiger partial charge in [-0.25, -0.2) is 17.6 Å². The Morgan fingerprint density at radius 1 is 0.812 bits per heavy atom. The topological polar surface area (TPSA) is 0 Å². The molecule has 0 fully saturated rings. The molecule has 0 aromatic heterocycles. The van der Waals surface area contributed by atoms with E-state index in [-0.39, 0.29) is 0 Å². The van der Waals surface area contributed by atoms with Gasteiger partial charge in [0.1, 0.15) is 0 Å². The fraction of sp³-hybridized carbons (Fsp3) is 1.00. The Morgan fingerprint density at radius 3 is 1.50 bits per heavy atom. The monoisotopic (exact) mass is 254 g/mol. The fourth-order valence-corrected chi connectivity index (χ4v) is 1.24. The Balaban J connectivity index is 4.47. The largest absolute Gasteiger partial charge is 0.392 e. The minimum Gasteiger partial charge on any atom is -0.207 e. The van der Waals surface area contributed by atoms with Gasteiger partial charge in [0.15, 0.2) is 0 Å². The number of halogens is 7. The number of rotatable bonds is 5. The zero-order chi connectivity index (χ0) is 13.2. The molecule has 0 aromatic rings. The molecule has 0 saturated carbocycles. The van der Waals surface area contributed by atoms with Crippen LogP contribution in [0.1, 0.15) is 33.1 Å². The Labute approximate surface area is 88.8 Å². The Hall–Kier alpha value is -0.490. The SMILES string of the molecule is CC(F)(F)CCC(CC(C)(F)F)C(F)(F)F. The van der Waals surface area contributed by atoms with Crippen LogP contribution in [-0.2, 0) is 0 Å². The highest BCUT2D eigenvalue weighted by Gasteiger charge is 2.44. The summed E-state index contributed by atoms with van der Waals surface area (Å²) in [5.74, 6) is -9.17. The van der Waals surface area contributed by atoms with Crippen molar-refractivity contribution in [3.8, 4) is 0 Å². The van der Waals surface area contributed by atoms with E-state index >= 15 is 0 Å². The van der Waals surface area contributed by atoms with Crippen LogP contribution in [0.2, 0.25) is 0 Å². The van der Waals surface area contributed by atoms with Gasteiger partial charge in [0.25, 0.3) is 0 Å². The van der Waals surface area contributed by atoms with Crippen molar-refractivity contribution in [1.29, 1.82) is 0 Å².